The van der Waals surface area contributed by atoms with Crippen molar-refractivity contribution in [3.63, 3.8) is 0 Å². The first-order chi connectivity index (χ1) is 8.08. The van der Waals surface area contributed by atoms with E-state index in [0.29, 0.717) is 6.42 Å². The zero-order chi connectivity index (χ0) is 12.8. The lowest BCUT2D eigenvalue weighted by atomic mass is 10.1. The Morgan fingerprint density at radius 3 is 2.71 bits per heavy atom. The van der Waals surface area contributed by atoms with Crippen LogP contribution >= 0.6 is 0 Å². The monoisotopic (exact) mass is 245 g/mol. The molecule has 17 heavy (non-hydrogen) atoms. The molecule has 96 valence electrons. The molecule has 1 aromatic carbocycles. The van der Waals surface area contributed by atoms with E-state index < -0.39 is 23.8 Å². The number of aliphatic hydroxyl groups excluding tert-OH is 1. The van der Waals surface area contributed by atoms with Gasteiger partial charge >= 0.3 is 0 Å². The molecule has 0 fully saturated rings. The minimum absolute atomic E-state index is 0.226. The highest BCUT2D eigenvalue weighted by Crippen LogP contribution is 2.20. The molecule has 0 heterocycles. The van der Waals surface area contributed by atoms with Crippen LogP contribution in [0.1, 0.15) is 19.8 Å². The fourth-order valence-electron chi connectivity index (χ4n) is 1.51. The van der Waals surface area contributed by atoms with Crippen LogP contribution in [0.5, 0.6) is 5.75 Å². The zero-order valence-electron chi connectivity index (χ0n) is 9.70. The number of ether oxygens (including phenoxy) is 1. The normalized spacial score (nSPS) is 14.4. The molecule has 1 rings (SSSR count). The summed E-state index contributed by atoms with van der Waals surface area (Å²) in [5.74, 6) is -1.49. The van der Waals surface area contributed by atoms with E-state index >= 15 is 0 Å². The Morgan fingerprint density at radius 1 is 1.41 bits per heavy atom. The molecule has 0 saturated heterocycles. The number of rotatable bonds is 6. The van der Waals surface area contributed by atoms with Crippen molar-refractivity contribution in [2.24, 2.45) is 5.73 Å². The Hall–Kier alpha value is -1.20. The van der Waals surface area contributed by atoms with Crippen molar-refractivity contribution in [2.75, 3.05) is 6.61 Å². The predicted octanol–water partition coefficient (Wildman–Crippen LogP) is 1.83. The van der Waals surface area contributed by atoms with Crippen LogP contribution in [0.4, 0.5) is 8.78 Å². The van der Waals surface area contributed by atoms with Crippen molar-refractivity contribution < 1.29 is 18.6 Å². The van der Waals surface area contributed by atoms with Gasteiger partial charge in [-0.2, -0.15) is 0 Å². The maximum Gasteiger partial charge on any atom is 0.165 e. The number of benzene rings is 1. The van der Waals surface area contributed by atoms with Gasteiger partial charge in [0.05, 0.1) is 6.61 Å². The number of nitrogens with two attached hydrogens (primary N) is 1. The Labute approximate surface area is 99.2 Å². The van der Waals surface area contributed by atoms with Crippen LogP contribution in [0, 0.1) is 11.6 Å². The van der Waals surface area contributed by atoms with Gasteiger partial charge in [0.15, 0.2) is 11.6 Å². The molecule has 0 aliphatic heterocycles. The molecule has 5 heteroatoms. The molecule has 0 aliphatic rings. The van der Waals surface area contributed by atoms with Crippen LogP contribution in [0.15, 0.2) is 18.2 Å². The van der Waals surface area contributed by atoms with E-state index in [4.69, 9.17) is 15.6 Å². The highest BCUT2D eigenvalue weighted by Gasteiger charge is 2.19. The molecule has 2 unspecified atom stereocenters. The fraction of sp³-hybridized carbons (Fsp3) is 0.500. The number of aliphatic hydroxyl groups is 1. The van der Waals surface area contributed by atoms with Crippen LogP contribution in [0.2, 0.25) is 0 Å². The first-order valence-electron chi connectivity index (χ1n) is 5.56. The predicted molar refractivity (Wildman–Crippen MR) is 60.7 cm³/mol. The van der Waals surface area contributed by atoms with Crippen molar-refractivity contribution >= 4 is 0 Å². The van der Waals surface area contributed by atoms with E-state index in [-0.39, 0.29) is 12.4 Å². The molecule has 0 amide bonds. The number of halogens is 2. The summed E-state index contributed by atoms with van der Waals surface area (Å²) in [7, 11) is 0. The second-order valence-corrected chi connectivity index (χ2v) is 3.87. The molecule has 0 saturated carbocycles. The van der Waals surface area contributed by atoms with Crippen molar-refractivity contribution in [3.8, 4) is 5.75 Å². The Kier molecular flexibility index (Phi) is 5.31. The summed E-state index contributed by atoms with van der Waals surface area (Å²) in [4.78, 5) is 0. The van der Waals surface area contributed by atoms with Gasteiger partial charge in [-0.25, -0.2) is 8.78 Å². The molecule has 3 N–H and O–H groups in total. The SMILES string of the molecule is CCCC(N)C(CO)Oc1cc(F)ccc1F. The van der Waals surface area contributed by atoms with Gasteiger partial charge in [0.1, 0.15) is 11.9 Å². The van der Waals surface area contributed by atoms with Gasteiger partial charge in [0, 0.05) is 12.1 Å². The van der Waals surface area contributed by atoms with Gasteiger partial charge < -0.3 is 15.6 Å². The summed E-state index contributed by atoms with van der Waals surface area (Å²) in [6.07, 6.45) is 0.737. The third kappa shape index (κ3) is 3.94. The zero-order valence-corrected chi connectivity index (χ0v) is 9.70. The minimum Gasteiger partial charge on any atom is -0.483 e. The highest BCUT2D eigenvalue weighted by molar-refractivity contribution is 5.25. The van der Waals surface area contributed by atoms with Crippen LogP contribution < -0.4 is 10.5 Å². The first kappa shape index (κ1) is 13.9. The van der Waals surface area contributed by atoms with E-state index in [0.717, 1.165) is 24.6 Å². The molecule has 0 bridgehead atoms. The second-order valence-electron chi connectivity index (χ2n) is 3.87. The standard InChI is InChI=1S/C12H17F2NO2/c1-2-3-10(15)12(7-16)17-11-6-8(13)4-5-9(11)14/h4-6,10,12,16H,2-3,7,15H2,1H3. The molecule has 0 radical (unpaired) electrons. The lowest BCUT2D eigenvalue weighted by molar-refractivity contribution is 0.0877. The van der Waals surface area contributed by atoms with Crippen LogP contribution in [0.3, 0.4) is 0 Å². The molecule has 0 aromatic heterocycles. The second kappa shape index (κ2) is 6.51. The van der Waals surface area contributed by atoms with Gasteiger partial charge in [-0.05, 0) is 18.6 Å². The first-order valence-corrected chi connectivity index (χ1v) is 5.56. The molecule has 2 atom stereocenters. The molecule has 0 spiro atoms. The van der Waals surface area contributed by atoms with Crippen LogP contribution in [-0.4, -0.2) is 23.9 Å². The van der Waals surface area contributed by atoms with Gasteiger partial charge in [-0.1, -0.05) is 13.3 Å². The Bertz CT molecular complexity index is 360. The maximum absolute atomic E-state index is 13.3. The number of hydrogen-bond acceptors (Lipinski definition) is 3. The summed E-state index contributed by atoms with van der Waals surface area (Å²) >= 11 is 0. The van der Waals surface area contributed by atoms with E-state index in [1.54, 1.807) is 0 Å². The highest BCUT2D eigenvalue weighted by atomic mass is 19.1. The van der Waals surface area contributed by atoms with Crippen molar-refractivity contribution in [3.05, 3.63) is 29.8 Å². The summed E-state index contributed by atoms with van der Waals surface area (Å²) in [5.41, 5.74) is 5.77. The van der Waals surface area contributed by atoms with E-state index in [1.165, 1.54) is 0 Å². The topological polar surface area (TPSA) is 55.5 Å². The van der Waals surface area contributed by atoms with Crippen molar-refractivity contribution in [1.29, 1.82) is 0 Å². The third-order valence-corrected chi connectivity index (χ3v) is 2.45. The summed E-state index contributed by atoms with van der Waals surface area (Å²) < 4.78 is 31.4. The van der Waals surface area contributed by atoms with E-state index in [1.807, 2.05) is 6.92 Å². The smallest absolute Gasteiger partial charge is 0.165 e. The number of hydrogen-bond donors (Lipinski definition) is 2. The molecule has 1 aromatic rings. The van der Waals surface area contributed by atoms with Gasteiger partial charge in [-0.15, -0.1) is 0 Å². The maximum atomic E-state index is 13.3. The van der Waals surface area contributed by atoms with Gasteiger partial charge in [0.25, 0.3) is 0 Å². The van der Waals surface area contributed by atoms with Crippen LogP contribution in [-0.2, 0) is 0 Å². The van der Waals surface area contributed by atoms with E-state index in [9.17, 15) is 8.78 Å². The van der Waals surface area contributed by atoms with Crippen molar-refractivity contribution in [2.45, 2.75) is 31.9 Å². The summed E-state index contributed by atoms with van der Waals surface area (Å²) in [6, 6.07) is 2.51. The molecular formula is C12H17F2NO2. The molecule has 0 aliphatic carbocycles. The minimum atomic E-state index is -0.730. The lowest BCUT2D eigenvalue weighted by Crippen LogP contribution is -2.41. The average Bonchev–Trinajstić information content (AvgIpc) is 2.30. The Balaban J connectivity index is 2.76. The summed E-state index contributed by atoms with van der Waals surface area (Å²) in [6.45, 7) is 1.61. The summed E-state index contributed by atoms with van der Waals surface area (Å²) in [5, 5.41) is 9.12. The quantitative estimate of drug-likeness (QED) is 0.804. The molecule has 3 nitrogen and oxygen atoms in total. The fourth-order valence-corrected chi connectivity index (χ4v) is 1.51. The van der Waals surface area contributed by atoms with Gasteiger partial charge in [-0.3, -0.25) is 0 Å². The van der Waals surface area contributed by atoms with E-state index in [2.05, 4.69) is 0 Å². The third-order valence-electron chi connectivity index (χ3n) is 2.45. The average molecular weight is 245 g/mol. The van der Waals surface area contributed by atoms with Gasteiger partial charge in [0.2, 0.25) is 0 Å². The largest absolute Gasteiger partial charge is 0.483 e. The Morgan fingerprint density at radius 2 is 2.12 bits per heavy atom. The lowest BCUT2D eigenvalue weighted by Gasteiger charge is -2.23. The molecular weight excluding hydrogens is 228 g/mol. The van der Waals surface area contributed by atoms with Crippen LogP contribution in [0.25, 0.3) is 0 Å². The van der Waals surface area contributed by atoms with Crippen molar-refractivity contribution in [1.82, 2.24) is 0 Å².